The summed E-state index contributed by atoms with van der Waals surface area (Å²) in [5.41, 5.74) is 1.55. The predicted molar refractivity (Wildman–Crippen MR) is 103 cm³/mol. The van der Waals surface area contributed by atoms with E-state index in [1.165, 1.54) is 12.8 Å². The van der Waals surface area contributed by atoms with Gasteiger partial charge in [-0.3, -0.25) is 19.1 Å². The molecule has 0 atom stereocenters. The number of hydrogen-bond acceptors (Lipinski definition) is 4. The van der Waals surface area contributed by atoms with E-state index in [1.54, 1.807) is 29.4 Å². The number of nitrogens with zero attached hydrogens (tertiary/aromatic N) is 4. The van der Waals surface area contributed by atoms with Crippen LogP contribution in [0.2, 0.25) is 0 Å². The Hall–Kier alpha value is -2.50. The van der Waals surface area contributed by atoms with Crippen molar-refractivity contribution in [3.63, 3.8) is 0 Å². The molecular weight excluding hydrogens is 340 g/mol. The number of hydrogen-bond donors (Lipinski definition) is 0. The Bertz CT molecular complexity index is 835. The summed E-state index contributed by atoms with van der Waals surface area (Å²) in [7, 11) is 0. The van der Waals surface area contributed by atoms with Gasteiger partial charge in [0, 0.05) is 49.6 Å². The smallest absolute Gasteiger partial charge is 0.253 e. The molecule has 0 spiro atoms. The van der Waals surface area contributed by atoms with Crippen LogP contribution in [0.25, 0.3) is 11.3 Å². The molecule has 4 rings (SSSR count). The average Bonchev–Trinajstić information content (AvgIpc) is 3.25. The van der Waals surface area contributed by atoms with Crippen LogP contribution >= 0.6 is 0 Å². The van der Waals surface area contributed by atoms with Gasteiger partial charge in [0.1, 0.15) is 0 Å². The molecule has 142 valence electrons. The van der Waals surface area contributed by atoms with Gasteiger partial charge in [0.2, 0.25) is 5.91 Å². The third-order valence-corrected chi connectivity index (χ3v) is 5.94. The minimum Gasteiger partial charge on any atom is -0.342 e. The van der Waals surface area contributed by atoms with Crippen LogP contribution in [-0.4, -0.2) is 38.4 Å². The van der Waals surface area contributed by atoms with Crippen LogP contribution in [0.4, 0.5) is 0 Å². The highest BCUT2D eigenvalue weighted by molar-refractivity contribution is 5.79. The van der Waals surface area contributed by atoms with E-state index in [2.05, 4.69) is 9.97 Å². The third kappa shape index (κ3) is 4.10. The first-order valence-electron chi connectivity index (χ1n) is 9.96. The van der Waals surface area contributed by atoms with E-state index in [4.69, 9.17) is 0 Å². The lowest BCUT2D eigenvalue weighted by Crippen LogP contribution is -2.42. The van der Waals surface area contributed by atoms with Gasteiger partial charge in [-0.1, -0.05) is 12.8 Å². The summed E-state index contributed by atoms with van der Waals surface area (Å²) in [6.07, 6.45) is 11.5. The zero-order valence-corrected chi connectivity index (χ0v) is 15.6. The van der Waals surface area contributed by atoms with Gasteiger partial charge in [0.25, 0.3) is 5.56 Å². The lowest BCUT2D eigenvalue weighted by atomic mass is 9.95. The standard InChI is InChI=1S/C21H26N4O2/c26-20-13-19(17-5-9-22-10-6-17)23-15-25(20)14-16-7-11-24(12-8-16)21(27)18-3-1-2-4-18/h5-6,9-10,13,15-16,18H,1-4,7-8,11-12,14H2. The maximum absolute atomic E-state index is 12.5. The summed E-state index contributed by atoms with van der Waals surface area (Å²) in [4.78, 5) is 35.5. The molecule has 6 heteroatoms. The van der Waals surface area contributed by atoms with Crippen LogP contribution in [0, 0.1) is 11.8 Å². The number of pyridine rings is 1. The molecule has 3 heterocycles. The first-order chi connectivity index (χ1) is 13.2. The highest BCUT2D eigenvalue weighted by atomic mass is 16.2. The molecule has 1 saturated carbocycles. The molecule has 0 bridgehead atoms. The number of carbonyl (C=O) groups excluding carboxylic acids is 1. The molecular formula is C21H26N4O2. The molecule has 2 aliphatic rings. The van der Waals surface area contributed by atoms with Crippen molar-refractivity contribution in [2.24, 2.45) is 11.8 Å². The van der Waals surface area contributed by atoms with E-state index in [9.17, 15) is 9.59 Å². The number of amides is 1. The average molecular weight is 366 g/mol. The van der Waals surface area contributed by atoms with Gasteiger partial charge in [-0.15, -0.1) is 0 Å². The largest absolute Gasteiger partial charge is 0.342 e. The minimum absolute atomic E-state index is 0.0266. The van der Waals surface area contributed by atoms with Crippen molar-refractivity contribution in [3.8, 4) is 11.3 Å². The highest BCUT2D eigenvalue weighted by Gasteiger charge is 2.30. The fraction of sp³-hybridized carbons (Fsp3) is 0.524. The summed E-state index contributed by atoms with van der Waals surface area (Å²) in [6.45, 7) is 2.31. The molecule has 0 radical (unpaired) electrons. The Morgan fingerprint density at radius 2 is 1.78 bits per heavy atom. The quantitative estimate of drug-likeness (QED) is 0.834. The third-order valence-electron chi connectivity index (χ3n) is 5.94. The maximum atomic E-state index is 12.5. The molecule has 6 nitrogen and oxygen atoms in total. The fourth-order valence-corrected chi connectivity index (χ4v) is 4.29. The molecule has 1 aliphatic heterocycles. The molecule has 0 unspecified atom stereocenters. The number of carbonyl (C=O) groups is 1. The van der Waals surface area contributed by atoms with Gasteiger partial charge in [0.15, 0.2) is 0 Å². The first kappa shape index (κ1) is 17.9. The van der Waals surface area contributed by atoms with Crippen molar-refractivity contribution in [2.45, 2.75) is 45.1 Å². The summed E-state index contributed by atoms with van der Waals surface area (Å²) in [5.74, 6) is 1.03. The summed E-state index contributed by atoms with van der Waals surface area (Å²) in [6, 6.07) is 5.29. The van der Waals surface area contributed by atoms with Crippen molar-refractivity contribution in [1.82, 2.24) is 19.4 Å². The van der Waals surface area contributed by atoms with Crippen molar-refractivity contribution < 1.29 is 4.79 Å². The lowest BCUT2D eigenvalue weighted by Gasteiger charge is -2.33. The molecule has 1 saturated heterocycles. The number of likely N-dealkylation sites (tertiary alicyclic amines) is 1. The zero-order valence-electron chi connectivity index (χ0n) is 15.6. The number of rotatable bonds is 4. The van der Waals surface area contributed by atoms with Gasteiger partial charge in [-0.05, 0) is 43.7 Å². The highest BCUT2D eigenvalue weighted by Crippen LogP contribution is 2.28. The van der Waals surface area contributed by atoms with Crippen molar-refractivity contribution in [3.05, 3.63) is 47.3 Å². The summed E-state index contributed by atoms with van der Waals surface area (Å²) in [5, 5.41) is 0. The molecule has 27 heavy (non-hydrogen) atoms. The van der Waals surface area contributed by atoms with Crippen molar-refractivity contribution in [2.75, 3.05) is 13.1 Å². The Morgan fingerprint density at radius 3 is 2.44 bits per heavy atom. The summed E-state index contributed by atoms with van der Waals surface area (Å²) < 4.78 is 1.70. The van der Waals surface area contributed by atoms with E-state index in [-0.39, 0.29) is 11.5 Å². The van der Waals surface area contributed by atoms with Crippen LogP contribution < -0.4 is 5.56 Å². The van der Waals surface area contributed by atoms with E-state index >= 15 is 0 Å². The zero-order chi connectivity index (χ0) is 18.6. The van der Waals surface area contributed by atoms with Crippen LogP contribution in [0.3, 0.4) is 0 Å². The normalized spacial score (nSPS) is 18.7. The van der Waals surface area contributed by atoms with E-state index in [1.807, 2.05) is 17.0 Å². The minimum atomic E-state index is -0.0266. The molecule has 2 aromatic heterocycles. The van der Waals surface area contributed by atoms with Gasteiger partial charge in [-0.2, -0.15) is 0 Å². The Balaban J connectivity index is 1.35. The lowest BCUT2D eigenvalue weighted by molar-refractivity contribution is -0.136. The second kappa shape index (κ2) is 8.03. The van der Waals surface area contributed by atoms with E-state index in [0.29, 0.717) is 24.1 Å². The number of aromatic nitrogens is 3. The molecule has 0 aromatic carbocycles. The Morgan fingerprint density at radius 1 is 1.07 bits per heavy atom. The first-order valence-corrected chi connectivity index (χ1v) is 9.96. The van der Waals surface area contributed by atoms with Crippen LogP contribution in [-0.2, 0) is 11.3 Å². The van der Waals surface area contributed by atoms with Crippen molar-refractivity contribution >= 4 is 5.91 Å². The van der Waals surface area contributed by atoms with Gasteiger partial charge in [-0.25, -0.2) is 4.98 Å². The van der Waals surface area contributed by atoms with Crippen LogP contribution in [0.5, 0.6) is 0 Å². The Kier molecular flexibility index (Phi) is 5.32. The van der Waals surface area contributed by atoms with Gasteiger partial charge < -0.3 is 4.90 Å². The molecule has 1 aliphatic carbocycles. The predicted octanol–water partition coefficient (Wildman–Crippen LogP) is 2.73. The molecule has 2 fully saturated rings. The van der Waals surface area contributed by atoms with E-state index in [0.717, 1.165) is 44.3 Å². The second-order valence-corrected chi connectivity index (χ2v) is 7.75. The molecule has 1 amide bonds. The van der Waals surface area contributed by atoms with Crippen LogP contribution in [0.1, 0.15) is 38.5 Å². The summed E-state index contributed by atoms with van der Waals surface area (Å²) >= 11 is 0. The monoisotopic (exact) mass is 366 g/mol. The van der Waals surface area contributed by atoms with Gasteiger partial charge in [0.05, 0.1) is 12.0 Å². The number of piperidine rings is 1. The Labute approximate surface area is 159 Å². The molecule has 0 N–H and O–H groups in total. The van der Waals surface area contributed by atoms with Crippen molar-refractivity contribution in [1.29, 1.82) is 0 Å². The van der Waals surface area contributed by atoms with Gasteiger partial charge >= 0.3 is 0 Å². The van der Waals surface area contributed by atoms with Crippen LogP contribution in [0.15, 0.2) is 41.7 Å². The fourth-order valence-electron chi connectivity index (χ4n) is 4.29. The van der Waals surface area contributed by atoms with E-state index < -0.39 is 0 Å². The maximum Gasteiger partial charge on any atom is 0.253 e. The molecule has 2 aromatic rings. The second-order valence-electron chi connectivity index (χ2n) is 7.75. The topological polar surface area (TPSA) is 68.1 Å². The SMILES string of the molecule is O=C(C1CCCC1)N1CCC(Cn2cnc(-c3ccncc3)cc2=O)CC1.